The van der Waals surface area contributed by atoms with Gasteiger partial charge in [0.15, 0.2) is 23.3 Å². The molecule has 2 aromatic carbocycles. The Morgan fingerprint density at radius 2 is 0.824 bits per heavy atom. The lowest BCUT2D eigenvalue weighted by atomic mass is 9.98. The van der Waals surface area contributed by atoms with Gasteiger partial charge in [-0.25, -0.2) is 17.6 Å². The Morgan fingerprint density at radius 3 is 1.15 bits per heavy atom. The maximum absolute atomic E-state index is 14.6. The number of benzene rings is 2. The maximum Gasteiger partial charge on any atom is 0.198 e. The maximum atomic E-state index is 14.6. The molecule has 0 bridgehead atoms. The summed E-state index contributed by atoms with van der Waals surface area (Å²) >= 11 is 0. The summed E-state index contributed by atoms with van der Waals surface area (Å²) in [6.45, 7) is 0. The van der Waals surface area contributed by atoms with Crippen molar-refractivity contribution in [3.63, 3.8) is 0 Å². The lowest BCUT2D eigenvalue weighted by molar-refractivity contribution is 0.155. The van der Waals surface area contributed by atoms with Crippen LogP contribution in [0.5, 0.6) is 11.5 Å². The predicted octanol–water partition coefficient (Wildman–Crippen LogP) is 9.02. The van der Waals surface area contributed by atoms with Gasteiger partial charge < -0.3 is 9.47 Å². The zero-order chi connectivity index (χ0) is 23.9. The first-order chi connectivity index (χ1) is 16.5. The first-order valence-electron chi connectivity index (χ1n) is 12.2. The van der Waals surface area contributed by atoms with E-state index >= 15 is 0 Å². The van der Waals surface area contributed by atoms with Gasteiger partial charge in [0.1, 0.15) is 11.5 Å². The molecule has 6 heteroatoms. The molecule has 0 saturated heterocycles. The Hall–Kier alpha value is -2.76. The standard InChI is InChI=1S/C28H30F4O2/c29-25(19-11-15-23(16-12-19)33-21-7-3-1-4-8-21)27(31)28(32)26(30)20-13-17-24(18-14-20)34-22-9-5-2-6-10-22/h11-18,21-22H,1-10H2/b27-25+,28-26+. The Balaban J connectivity index is 1.43. The van der Waals surface area contributed by atoms with Crippen LogP contribution in [0.25, 0.3) is 11.7 Å². The fourth-order valence-electron chi connectivity index (χ4n) is 4.56. The van der Waals surface area contributed by atoms with Crippen molar-refractivity contribution in [3.8, 4) is 11.5 Å². The summed E-state index contributed by atoms with van der Waals surface area (Å²) < 4.78 is 69.8. The van der Waals surface area contributed by atoms with Crippen LogP contribution in [-0.2, 0) is 0 Å². The van der Waals surface area contributed by atoms with Crippen LogP contribution in [-0.4, -0.2) is 12.2 Å². The topological polar surface area (TPSA) is 18.5 Å². The van der Waals surface area contributed by atoms with Gasteiger partial charge >= 0.3 is 0 Å². The molecule has 2 aliphatic carbocycles. The van der Waals surface area contributed by atoms with Crippen molar-refractivity contribution in [2.45, 2.75) is 76.4 Å². The number of ether oxygens (including phenoxy) is 2. The third-order valence-electron chi connectivity index (χ3n) is 6.50. The molecule has 0 aromatic heterocycles. The molecule has 34 heavy (non-hydrogen) atoms. The molecule has 0 heterocycles. The SMILES string of the molecule is FC(/C(F)=C(\F)c1ccc(OC2CCCCC2)cc1)=C(/F)c1ccc(OC2CCCCC2)cc1. The van der Waals surface area contributed by atoms with Crippen LogP contribution in [0.2, 0.25) is 0 Å². The van der Waals surface area contributed by atoms with E-state index in [9.17, 15) is 17.6 Å². The monoisotopic (exact) mass is 474 g/mol. The summed E-state index contributed by atoms with van der Waals surface area (Å²) in [6.07, 6.45) is 10.9. The minimum atomic E-state index is -1.87. The zero-order valence-corrected chi connectivity index (χ0v) is 19.2. The van der Waals surface area contributed by atoms with Crippen LogP contribution in [0.1, 0.15) is 75.3 Å². The second-order valence-electron chi connectivity index (χ2n) is 9.06. The molecular formula is C28H30F4O2. The summed E-state index contributed by atoms with van der Waals surface area (Å²) in [5.41, 5.74) is -0.375. The van der Waals surface area contributed by atoms with E-state index < -0.39 is 23.3 Å². The van der Waals surface area contributed by atoms with Crippen LogP contribution >= 0.6 is 0 Å². The predicted molar refractivity (Wildman–Crippen MR) is 126 cm³/mol. The molecule has 2 fully saturated rings. The zero-order valence-electron chi connectivity index (χ0n) is 19.2. The average molecular weight is 475 g/mol. The van der Waals surface area contributed by atoms with Gasteiger partial charge in [0.05, 0.1) is 12.2 Å². The highest BCUT2D eigenvalue weighted by Crippen LogP contribution is 2.34. The number of rotatable bonds is 7. The minimum absolute atomic E-state index is 0.116. The molecule has 0 atom stereocenters. The summed E-state index contributed by atoms with van der Waals surface area (Å²) in [7, 11) is 0. The van der Waals surface area contributed by atoms with Crippen molar-refractivity contribution in [1.82, 2.24) is 0 Å². The van der Waals surface area contributed by atoms with Crippen molar-refractivity contribution in [2.24, 2.45) is 0 Å². The molecule has 0 amide bonds. The molecule has 0 aliphatic heterocycles. The first kappa shape index (κ1) is 24.4. The molecule has 2 saturated carbocycles. The van der Waals surface area contributed by atoms with Crippen molar-refractivity contribution in [3.05, 3.63) is 71.3 Å². The van der Waals surface area contributed by atoms with Crippen LogP contribution in [0.3, 0.4) is 0 Å². The molecule has 2 aliphatic rings. The van der Waals surface area contributed by atoms with Gasteiger partial charge in [0, 0.05) is 11.1 Å². The highest BCUT2D eigenvalue weighted by atomic mass is 19.2. The van der Waals surface area contributed by atoms with E-state index in [2.05, 4.69) is 0 Å². The second kappa shape index (κ2) is 11.6. The Kier molecular flexibility index (Phi) is 8.30. The highest BCUT2D eigenvalue weighted by Gasteiger charge is 2.21. The van der Waals surface area contributed by atoms with Crippen LogP contribution in [0, 0.1) is 0 Å². The molecule has 0 radical (unpaired) electrons. The van der Waals surface area contributed by atoms with Gasteiger partial charge in [-0.3, -0.25) is 0 Å². The van der Waals surface area contributed by atoms with Gasteiger partial charge in [0.25, 0.3) is 0 Å². The van der Waals surface area contributed by atoms with E-state index in [1.165, 1.54) is 61.4 Å². The Morgan fingerprint density at radius 1 is 0.500 bits per heavy atom. The van der Waals surface area contributed by atoms with Gasteiger partial charge in [-0.05, 0) is 99.9 Å². The second-order valence-corrected chi connectivity index (χ2v) is 9.06. The van der Waals surface area contributed by atoms with Crippen molar-refractivity contribution in [1.29, 1.82) is 0 Å². The van der Waals surface area contributed by atoms with Crippen LogP contribution < -0.4 is 9.47 Å². The van der Waals surface area contributed by atoms with Crippen LogP contribution in [0.15, 0.2) is 60.2 Å². The van der Waals surface area contributed by atoms with Gasteiger partial charge in [0.2, 0.25) is 0 Å². The fourth-order valence-corrected chi connectivity index (χ4v) is 4.56. The first-order valence-corrected chi connectivity index (χ1v) is 12.2. The molecule has 2 aromatic rings. The van der Waals surface area contributed by atoms with Gasteiger partial charge in [-0.15, -0.1) is 0 Å². The molecule has 0 spiro atoms. The van der Waals surface area contributed by atoms with Gasteiger partial charge in [-0.1, -0.05) is 12.8 Å². The normalized spacial score (nSPS) is 19.3. The summed E-state index contributed by atoms with van der Waals surface area (Å²) in [5, 5.41) is 0. The molecule has 0 unspecified atom stereocenters. The summed E-state index contributed by atoms with van der Waals surface area (Å²) in [6, 6.07) is 11.3. The van der Waals surface area contributed by atoms with Gasteiger partial charge in [-0.2, -0.15) is 0 Å². The van der Waals surface area contributed by atoms with E-state index in [-0.39, 0.29) is 23.3 Å². The molecule has 2 nitrogen and oxygen atoms in total. The molecule has 0 N–H and O–H groups in total. The van der Waals surface area contributed by atoms with E-state index in [1.807, 2.05) is 0 Å². The van der Waals surface area contributed by atoms with E-state index in [0.29, 0.717) is 11.5 Å². The smallest absolute Gasteiger partial charge is 0.198 e. The molecule has 182 valence electrons. The average Bonchev–Trinajstić information content (AvgIpc) is 2.89. The third-order valence-corrected chi connectivity index (χ3v) is 6.50. The Labute approximate surface area is 198 Å². The summed E-state index contributed by atoms with van der Waals surface area (Å²) in [5.74, 6) is -5.59. The molecule has 4 rings (SSSR count). The quantitative estimate of drug-likeness (QED) is 0.294. The van der Waals surface area contributed by atoms with E-state index in [4.69, 9.17) is 9.47 Å². The van der Waals surface area contributed by atoms with Crippen molar-refractivity contribution < 1.29 is 27.0 Å². The minimum Gasteiger partial charge on any atom is -0.490 e. The third kappa shape index (κ3) is 6.22. The summed E-state index contributed by atoms with van der Waals surface area (Å²) in [4.78, 5) is 0. The fraction of sp³-hybridized carbons (Fsp3) is 0.429. The molecular weight excluding hydrogens is 444 g/mol. The number of allylic oxidation sites excluding steroid dienone is 2. The van der Waals surface area contributed by atoms with Crippen molar-refractivity contribution in [2.75, 3.05) is 0 Å². The lowest BCUT2D eigenvalue weighted by Crippen LogP contribution is -2.19. The number of hydrogen-bond donors (Lipinski definition) is 0. The number of hydrogen-bond acceptors (Lipinski definition) is 2. The van der Waals surface area contributed by atoms with Crippen LogP contribution in [0.4, 0.5) is 17.6 Å². The Bertz CT molecular complexity index is 916. The largest absolute Gasteiger partial charge is 0.490 e. The lowest BCUT2D eigenvalue weighted by Gasteiger charge is -2.23. The number of halogens is 4. The van der Waals surface area contributed by atoms with Crippen molar-refractivity contribution >= 4 is 11.7 Å². The highest BCUT2D eigenvalue weighted by molar-refractivity contribution is 5.71. The van der Waals surface area contributed by atoms with E-state index in [1.54, 1.807) is 0 Å². The van der Waals surface area contributed by atoms with E-state index in [0.717, 1.165) is 51.4 Å².